The van der Waals surface area contributed by atoms with Crippen LogP contribution in [0.25, 0.3) is 0 Å². The number of nitrogens with one attached hydrogen (secondary N) is 1. The van der Waals surface area contributed by atoms with Crippen LogP contribution in [-0.2, 0) is 16.6 Å². The van der Waals surface area contributed by atoms with Crippen molar-refractivity contribution in [2.45, 2.75) is 11.4 Å². The second kappa shape index (κ2) is 5.74. The van der Waals surface area contributed by atoms with E-state index in [-0.39, 0.29) is 17.0 Å². The average Bonchev–Trinajstić information content (AvgIpc) is 2.46. The highest BCUT2D eigenvalue weighted by molar-refractivity contribution is 7.89. The Balaban J connectivity index is 2.20. The number of nitrogen functional groups attached to an aromatic ring is 1. The lowest BCUT2D eigenvalue weighted by Gasteiger charge is -2.08. The van der Waals surface area contributed by atoms with Gasteiger partial charge in [-0.05, 0) is 29.8 Å². The summed E-state index contributed by atoms with van der Waals surface area (Å²) in [6.45, 7) is 0.141. The van der Waals surface area contributed by atoms with E-state index in [1.807, 2.05) is 6.07 Å². The molecule has 0 heterocycles. The largest absolute Gasteiger partial charge is 0.399 e. The number of benzene rings is 2. The van der Waals surface area contributed by atoms with Crippen LogP contribution in [-0.4, -0.2) is 8.42 Å². The topological polar surface area (TPSA) is 96.0 Å². The maximum Gasteiger partial charge on any atom is 0.242 e. The van der Waals surface area contributed by atoms with Crippen LogP contribution in [0.2, 0.25) is 0 Å². The zero-order valence-corrected chi connectivity index (χ0v) is 11.4. The van der Waals surface area contributed by atoms with Crippen molar-refractivity contribution in [1.29, 1.82) is 5.26 Å². The number of nitriles is 1. The van der Waals surface area contributed by atoms with E-state index in [0.29, 0.717) is 5.69 Å². The smallest absolute Gasteiger partial charge is 0.242 e. The van der Waals surface area contributed by atoms with Gasteiger partial charge in [-0.25, -0.2) is 13.1 Å². The van der Waals surface area contributed by atoms with Gasteiger partial charge in [-0.15, -0.1) is 0 Å². The summed E-state index contributed by atoms with van der Waals surface area (Å²) in [5, 5.41) is 8.94. The Morgan fingerprint density at radius 1 is 1.10 bits per heavy atom. The molecule has 0 amide bonds. The van der Waals surface area contributed by atoms with Crippen molar-refractivity contribution in [2.24, 2.45) is 0 Å². The predicted molar refractivity (Wildman–Crippen MR) is 76.0 cm³/mol. The molecule has 3 N–H and O–H groups in total. The number of hydrogen-bond donors (Lipinski definition) is 2. The van der Waals surface area contributed by atoms with Gasteiger partial charge in [-0.2, -0.15) is 5.26 Å². The molecule has 0 saturated carbocycles. The molecule has 102 valence electrons. The van der Waals surface area contributed by atoms with Gasteiger partial charge < -0.3 is 5.73 Å². The Morgan fingerprint density at radius 2 is 1.75 bits per heavy atom. The third-order valence-corrected chi connectivity index (χ3v) is 4.20. The van der Waals surface area contributed by atoms with Crippen molar-refractivity contribution in [3.05, 3.63) is 59.7 Å². The van der Waals surface area contributed by atoms with Crippen LogP contribution in [0, 0.1) is 11.3 Å². The van der Waals surface area contributed by atoms with Gasteiger partial charge in [0, 0.05) is 12.2 Å². The number of nitrogens with zero attached hydrogens (tertiary/aromatic N) is 1. The Hall–Kier alpha value is -2.36. The Labute approximate surface area is 117 Å². The first-order chi connectivity index (χ1) is 9.53. The van der Waals surface area contributed by atoms with E-state index < -0.39 is 10.0 Å². The molecule has 0 aliphatic carbocycles. The molecule has 5 nitrogen and oxygen atoms in total. The molecule has 0 saturated heterocycles. The monoisotopic (exact) mass is 287 g/mol. The molecule has 0 aliphatic heterocycles. The molecule has 20 heavy (non-hydrogen) atoms. The van der Waals surface area contributed by atoms with Crippen molar-refractivity contribution in [1.82, 2.24) is 4.72 Å². The van der Waals surface area contributed by atoms with Crippen molar-refractivity contribution < 1.29 is 8.42 Å². The van der Waals surface area contributed by atoms with Gasteiger partial charge in [0.15, 0.2) is 0 Å². The van der Waals surface area contributed by atoms with Gasteiger partial charge in [0.1, 0.15) is 6.07 Å². The highest BCUT2D eigenvalue weighted by atomic mass is 32.2. The summed E-state index contributed by atoms with van der Waals surface area (Å²) in [6.07, 6.45) is 0. The van der Waals surface area contributed by atoms with Crippen LogP contribution in [0.3, 0.4) is 0 Å². The summed E-state index contributed by atoms with van der Waals surface area (Å²) in [4.78, 5) is -0.0158. The van der Waals surface area contributed by atoms with Crippen LogP contribution < -0.4 is 10.5 Å². The van der Waals surface area contributed by atoms with E-state index in [0.717, 1.165) is 5.56 Å². The first kappa shape index (κ1) is 14.1. The summed E-state index contributed by atoms with van der Waals surface area (Å²) >= 11 is 0. The molecular formula is C14H13N3O2S. The summed E-state index contributed by atoms with van der Waals surface area (Å²) in [5.74, 6) is 0. The molecule has 2 rings (SSSR count). The first-order valence-corrected chi connectivity index (χ1v) is 7.34. The van der Waals surface area contributed by atoms with Crippen LogP contribution in [0.4, 0.5) is 5.69 Å². The fourth-order valence-corrected chi connectivity index (χ4v) is 2.86. The van der Waals surface area contributed by atoms with Gasteiger partial charge in [-0.3, -0.25) is 0 Å². The molecule has 2 aromatic rings. The lowest BCUT2D eigenvalue weighted by atomic mass is 10.2. The predicted octanol–water partition coefficient (Wildman–Crippen LogP) is 1.62. The van der Waals surface area contributed by atoms with Crippen LogP contribution in [0.5, 0.6) is 0 Å². The average molecular weight is 287 g/mol. The standard InChI is InChI=1S/C14H13N3O2S/c15-9-12-3-1-2-4-14(12)20(18,19)17-10-11-5-7-13(16)8-6-11/h1-8,17H,10,16H2. The molecule has 0 atom stereocenters. The molecule has 2 aromatic carbocycles. The molecule has 6 heteroatoms. The maximum absolute atomic E-state index is 12.2. The second-order valence-corrected chi connectivity index (χ2v) is 5.91. The lowest BCUT2D eigenvalue weighted by Crippen LogP contribution is -2.24. The van der Waals surface area contributed by atoms with E-state index in [1.165, 1.54) is 12.1 Å². The third kappa shape index (κ3) is 3.15. The SMILES string of the molecule is N#Cc1ccccc1S(=O)(=O)NCc1ccc(N)cc1. The molecule has 0 spiro atoms. The molecule has 0 bridgehead atoms. The van der Waals surface area contributed by atoms with E-state index in [4.69, 9.17) is 11.0 Å². The Bertz CT molecular complexity index is 747. The quantitative estimate of drug-likeness (QED) is 0.835. The summed E-state index contributed by atoms with van der Waals surface area (Å²) in [7, 11) is -3.72. The second-order valence-electron chi connectivity index (χ2n) is 4.17. The minimum atomic E-state index is -3.72. The number of rotatable bonds is 4. The molecule has 0 unspecified atom stereocenters. The van der Waals surface area contributed by atoms with E-state index >= 15 is 0 Å². The lowest BCUT2D eigenvalue weighted by molar-refractivity contribution is 0.581. The highest BCUT2D eigenvalue weighted by Crippen LogP contribution is 2.15. The minimum Gasteiger partial charge on any atom is -0.399 e. The zero-order chi connectivity index (χ0) is 14.6. The molecular weight excluding hydrogens is 274 g/mol. The van der Waals surface area contributed by atoms with Gasteiger partial charge in [-0.1, -0.05) is 24.3 Å². The molecule has 0 aliphatic rings. The van der Waals surface area contributed by atoms with Gasteiger partial charge in [0.25, 0.3) is 0 Å². The van der Waals surface area contributed by atoms with Gasteiger partial charge in [0.2, 0.25) is 10.0 Å². The van der Waals surface area contributed by atoms with Crippen LogP contribution >= 0.6 is 0 Å². The maximum atomic E-state index is 12.2. The molecule has 0 fully saturated rings. The first-order valence-electron chi connectivity index (χ1n) is 5.86. The Kier molecular flexibility index (Phi) is 4.03. The van der Waals surface area contributed by atoms with E-state index in [1.54, 1.807) is 36.4 Å². The minimum absolute atomic E-state index is 0.0158. The molecule has 0 aromatic heterocycles. The normalized spacial score (nSPS) is 10.9. The van der Waals surface area contributed by atoms with Crippen LogP contribution in [0.1, 0.15) is 11.1 Å². The summed E-state index contributed by atoms with van der Waals surface area (Å²) < 4.78 is 26.8. The fourth-order valence-electron chi connectivity index (χ4n) is 1.68. The van der Waals surface area contributed by atoms with Crippen molar-refractivity contribution >= 4 is 15.7 Å². The number of hydrogen-bond acceptors (Lipinski definition) is 4. The molecule has 0 radical (unpaired) electrons. The zero-order valence-electron chi connectivity index (χ0n) is 10.6. The van der Waals surface area contributed by atoms with Crippen LogP contribution in [0.15, 0.2) is 53.4 Å². The number of sulfonamides is 1. The van der Waals surface area contributed by atoms with E-state index in [2.05, 4.69) is 4.72 Å². The van der Waals surface area contributed by atoms with Gasteiger partial charge in [0.05, 0.1) is 10.5 Å². The summed E-state index contributed by atoms with van der Waals surface area (Å²) in [5.41, 5.74) is 7.09. The van der Waals surface area contributed by atoms with E-state index in [9.17, 15) is 8.42 Å². The fraction of sp³-hybridized carbons (Fsp3) is 0.0714. The Morgan fingerprint density at radius 3 is 2.40 bits per heavy atom. The van der Waals surface area contributed by atoms with Crippen molar-refractivity contribution in [2.75, 3.05) is 5.73 Å². The third-order valence-electron chi connectivity index (χ3n) is 2.74. The van der Waals surface area contributed by atoms with Gasteiger partial charge >= 0.3 is 0 Å². The highest BCUT2D eigenvalue weighted by Gasteiger charge is 2.17. The number of nitrogens with two attached hydrogens (primary N) is 1. The van der Waals surface area contributed by atoms with Crippen molar-refractivity contribution in [3.8, 4) is 6.07 Å². The summed E-state index contributed by atoms with van der Waals surface area (Å²) in [6, 6.07) is 14.8. The number of anilines is 1. The van der Waals surface area contributed by atoms with Crippen molar-refractivity contribution in [3.63, 3.8) is 0 Å².